The predicted octanol–water partition coefficient (Wildman–Crippen LogP) is 5.45. The van der Waals surface area contributed by atoms with Gasteiger partial charge in [0.05, 0.1) is 10.2 Å². The maximum Gasteiger partial charge on any atom is 0.144 e. The number of aromatic nitrogens is 2. The Kier molecular flexibility index (Phi) is 5.81. The molecule has 0 aliphatic carbocycles. The molecule has 0 radical (unpaired) electrons. The maximum absolute atomic E-state index is 5.30. The highest BCUT2D eigenvalue weighted by molar-refractivity contribution is 9.10. The van der Waals surface area contributed by atoms with E-state index in [-0.39, 0.29) is 0 Å². The monoisotopic (exact) mass is 368 g/mol. The number of rotatable bonds is 5. The quantitative estimate of drug-likeness (QED) is 0.561. The molecule has 0 bridgehead atoms. The van der Waals surface area contributed by atoms with Gasteiger partial charge in [0.25, 0.3) is 0 Å². The smallest absolute Gasteiger partial charge is 0.144 e. The second-order valence-electron chi connectivity index (χ2n) is 4.63. The van der Waals surface area contributed by atoms with Crippen LogP contribution in [0.3, 0.4) is 0 Å². The third-order valence-corrected chi connectivity index (χ3v) is 5.32. The van der Waals surface area contributed by atoms with E-state index in [1.165, 1.54) is 10.5 Å². The van der Waals surface area contributed by atoms with Gasteiger partial charge in [-0.05, 0) is 41.4 Å². The first kappa shape index (κ1) is 15.7. The summed E-state index contributed by atoms with van der Waals surface area (Å²) in [4.78, 5) is 9.08. The number of nitrogens with zero attached hydrogens (tertiary/aromatic N) is 1. The summed E-state index contributed by atoms with van der Waals surface area (Å²) in [5.41, 5.74) is 2.42. The van der Waals surface area contributed by atoms with Gasteiger partial charge < -0.3 is 4.98 Å². The van der Waals surface area contributed by atoms with Crippen LogP contribution in [0.15, 0.2) is 33.6 Å². The minimum Gasteiger partial charge on any atom is -0.345 e. The van der Waals surface area contributed by atoms with Crippen LogP contribution in [0.4, 0.5) is 0 Å². The van der Waals surface area contributed by atoms with Crippen LogP contribution < -0.4 is 0 Å². The third kappa shape index (κ3) is 4.17. The highest BCUT2D eigenvalue weighted by Gasteiger charge is 2.06. The van der Waals surface area contributed by atoms with Crippen molar-refractivity contribution in [3.63, 3.8) is 0 Å². The summed E-state index contributed by atoms with van der Waals surface area (Å²) < 4.78 is 1.57. The maximum atomic E-state index is 5.30. The second kappa shape index (κ2) is 7.38. The summed E-state index contributed by atoms with van der Waals surface area (Å²) in [6.45, 7) is 4.25. The SMILES string of the molecule is CCCc1[nH]c(CSc2ccc(C)cc2)nc(=S)c1Br. The topological polar surface area (TPSA) is 28.7 Å². The van der Waals surface area contributed by atoms with Gasteiger partial charge in [-0.3, -0.25) is 0 Å². The lowest BCUT2D eigenvalue weighted by molar-refractivity contribution is 0.842. The summed E-state index contributed by atoms with van der Waals surface area (Å²) in [5, 5.41) is 0. The lowest BCUT2D eigenvalue weighted by atomic mass is 10.2. The molecule has 0 fully saturated rings. The third-order valence-electron chi connectivity index (χ3n) is 2.88. The van der Waals surface area contributed by atoms with Crippen LogP contribution in [0.1, 0.15) is 30.4 Å². The van der Waals surface area contributed by atoms with Crippen LogP contribution in [-0.4, -0.2) is 9.97 Å². The van der Waals surface area contributed by atoms with Gasteiger partial charge >= 0.3 is 0 Å². The summed E-state index contributed by atoms with van der Waals surface area (Å²) in [6.07, 6.45) is 2.06. The molecular weight excluding hydrogens is 352 g/mol. The number of hydrogen-bond donors (Lipinski definition) is 1. The number of aromatic amines is 1. The van der Waals surface area contributed by atoms with E-state index < -0.39 is 0 Å². The van der Waals surface area contributed by atoms with E-state index in [0.717, 1.165) is 34.6 Å². The van der Waals surface area contributed by atoms with Crippen LogP contribution in [0.5, 0.6) is 0 Å². The van der Waals surface area contributed by atoms with Gasteiger partial charge in [-0.1, -0.05) is 43.3 Å². The largest absolute Gasteiger partial charge is 0.345 e. The first-order valence-electron chi connectivity index (χ1n) is 6.57. The number of nitrogens with one attached hydrogen (secondary N) is 1. The zero-order valence-corrected chi connectivity index (χ0v) is 14.8. The van der Waals surface area contributed by atoms with E-state index in [1.807, 2.05) is 0 Å². The zero-order chi connectivity index (χ0) is 14.5. The van der Waals surface area contributed by atoms with Gasteiger partial charge in [-0.2, -0.15) is 0 Å². The molecule has 0 atom stereocenters. The molecule has 0 spiro atoms. The van der Waals surface area contributed by atoms with Crippen molar-refractivity contribution < 1.29 is 0 Å². The van der Waals surface area contributed by atoms with Crippen molar-refractivity contribution >= 4 is 39.9 Å². The zero-order valence-electron chi connectivity index (χ0n) is 11.6. The van der Waals surface area contributed by atoms with Crippen LogP contribution in [-0.2, 0) is 12.2 Å². The van der Waals surface area contributed by atoms with Gasteiger partial charge in [-0.15, -0.1) is 11.8 Å². The molecule has 0 aliphatic heterocycles. The number of halogens is 1. The van der Waals surface area contributed by atoms with Gasteiger partial charge in [0.1, 0.15) is 10.5 Å². The fourth-order valence-corrected chi connectivity index (χ4v) is 3.22. The summed E-state index contributed by atoms with van der Waals surface area (Å²) >= 11 is 10.6. The van der Waals surface area contributed by atoms with E-state index in [2.05, 4.69) is 64.0 Å². The molecule has 0 saturated carbocycles. The van der Waals surface area contributed by atoms with Gasteiger partial charge in [0, 0.05) is 10.6 Å². The van der Waals surface area contributed by atoms with Crippen LogP contribution >= 0.6 is 39.9 Å². The minimum atomic E-state index is 0.645. The van der Waals surface area contributed by atoms with Crippen molar-refractivity contribution in [2.75, 3.05) is 0 Å². The van der Waals surface area contributed by atoms with Crippen LogP contribution in [0.2, 0.25) is 0 Å². The average molecular weight is 369 g/mol. The number of hydrogen-bond acceptors (Lipinski definition) is 3. The molecule has 2 aromatic rings. The summed E-state index contributed by atoms with van der Waals surface area (Å²) in [6, 6.07) is 8.53. The Labute approximate surface area is 137 Å². The molecule has 0 amide bonds. The van der Waals surface area contributed by atoms with Crippen LogP contribution in [0.25, 0.3) is 0 Å². The van der Waals surface area contributed by atoms with E-state index in [4.69, 9.17) is 12.2 Å². The summed E-state index contributed by atoms with van der Waals surface area (Å²) in [5.74, 6) is 1.74. The van der Waals surface area contributed by atoms with Gasteiger partial charge in [0.15, 0.2) is 0 Å². The molecule has 0 saturated heterocycles. The molecule has 1 aromatic carbocycles. The average Bonchev–Trinajstić information content (AvgIpc) is 2.44. The Morgan fingerprint density at radius 1 is 1.30 bits per heavy atom. The Bertz CT molecular complexity index is 635. The number of thioether (sulfide) groups is 1. The van der Waals surface area contributed by atoms with Crippen molar-refractivity contribution in [2.45, 2.75) is 37.3 Å². The van der Waals surface area contributed by atoms with Crippen molar-refractivity contribution in [3.8, 4) is 0 Å². The lowest BCUT2D eigenvalue weighted by Gasteiger charge is -2.08. The molecule has 2 rings (SSSR count). The molecule has 0 aliphatic rings. The molecule has 20 heavy (non-hydrogen) atoms. The van der Waals surface area contributed by atoms with Crippen LogP contribution in [0, 0.1) is 11.6 Å². The molecule has 0 unspecified atom stereocenters. The molecular formula is C15H17BrN2S2. The first-order valence-corrected chi connectivity index (χ1v) is 8.76. The number of aryl methyl sites for hydroxylation is 2. The van der Waals surface area contributed by atoms with E-state index in [0.29, 0.717) is 4.64 Å². The Hall–Kier alpha value is -0.650. The Balaban J connectivity index is 2.13. The standard InChI is InChI=1S/C15H17BrN2S2/c1-3-4-12-14(16)15(19)18-13(17-12)9-20-11-7-5-10(2)6-8-11/h5-8H,3-4,9H2,1-2H3,(H,17,18,19). The number of benzene rings is 1. The Morgan fingerprint density at radius 3 is 2.65 bits per heavy atom. The highest BCUT2D eigenvalue weighted by Crippen LogP contribution is 2.23. The van der Waals surface area contributed by atoms with Gasteiger partial charge in [0.2, 0.25) is 0 Å². The van der Waals surface area contributed by atoms with Gasteiger partial charge in [-0.25, -0.2) is 4.98 Å². The van der Waals surface area contributed by atoms with Crippen molar-refractivity contribution in [1.29, 1.82) is 0 Å². The predicted molar refractivity (Wildman–Crippen MR) is 91.9 cm³/mol. The first-order chi connectivity index (χ1) is 9.60. The fraction of sp³-hybridized carbons (Fsp3) is 0.333. The molecule has 1 aromatic heterocycles. The van der Waals surface area contributed by atoms with Crippen molar-refractivity contribution in [2.24, 2.45) is 0 Å². The molecule has 1 N–H and O–H groups in total. The van der Waals surface area contributed by atoms with E-state index in [9.17, 15) is 0 Å². The molecule has 5 heteroatoms. The minimum absolute atomic E-state index is 0.645. The van der Waals surface area contributed by atoms with Crippen molar-refractivity contribution in [1.82, 2.24) is 9.97 Å². The molecule has 2 nitrogen and oxygen atoms in total. The normalized spacial score (nSPS) is 10.8. The van der Waals surface area contributed by atoms with E-state index >= 15 is 0 Å². The fourth-order valence-electron chi connectivity index (χ4n) is 1.83. The molecule has 1 heterocycles. The lowest BCUT2D eigenvalue weighted by Crippen LogP contribution is -2.00. The highest BCUT2D eigenvalue weighted by atomic mass is 79.9. The number of H-pyrrole nitrogens is 1. The molecule has 106 valence electrons. The summed E-state index contributed by atoms with van der Waals surface area (Å²) in [7, 11) is 0. The van der Waals surface area contributed by atoms with Crippen molar-refractivity contribution in [3.05, 3.63) is 50.5 Å². The Morgan fingerprint density at radius 2 is 2.00 bits per heavy atom. The van der Waals surface area contributed by atoms with E-state index in [1.54, 1.807) is 11.8 Å². The second-order valence-corrected chi connectivity index (χ2v) is 6.86.